The van der Waals surface area contributed by atoms with Crippen LogP contribution in [0.2, 0.25) is 0 Å². The highest BCUT2D eigenvalue weighted by Gasteiger charge is 2.18. The van der Waals surface area contributed by atoms with E-state index in [-0.39, 0.29) is 6.04 Å². The Morgan fingerprint density at radius 3 is 2.71 bits per heavy atom. The molecule has 2 aromatic heterocycles. The topological polar surface area (TPSA) is 81.7 Å². The highest BCUT2D eigenvalue weighted by Crippen LogP contribution is 2.22. The van der Waals surface area contributed by atoms with E-state index >= 15 is 0 Å². The van der Waals surface area contributed by atoms with E-state index in [0.717, 1.165) is 35.4 Å². The highest BCUT2D eigenvalue weighted by atomic mass is 15.3. The number of imidazole rings is 1. The Balaban J connectivity index is 2.03. The number of fused-ring (bicyclic) bond motifs is 1. The van der Waals surface area contributed by atoms with E-state index in [9.17, 15) is 0 Å². The van der Waals surface area contributed by atoms with Gasteiger partial charge in [-0.05, 0) is 24.1 Å². The number of rotatable bonds is 5. The van der Waals surface area contributed by atoms with Crippen LogP contribution in [0.1, 0.15) is 30.8 Å². The third-order valence-electron chi connectivity index (χ3n) is 3.46. The van der Waals surface area contributed by atoms with Crippen molar-refractivity contribution in [3.8, 4) is 0 Å². The molecule has 0 bridgehead atoms. The van der Waals surface area contributed by atoms with E-state index in [0.29, 0.717) is 0 Å². The first-order chi connectivity index (χ1) is 10.3. The average molecular weight is 282 g/mol. The van der Waals surface area contributed by atoms with Crippen LogP contribution in [0.3, 0.4) is 0 Å². The second-order valence-electron chi connectivity index (χ2n) is 4.88. The molecule has 0 saturated carbocycles. The largest absolute Gasteiger partial charge is 0.333 e. The maximum Gasteiger partial charge on any atom is 0.131 e. The van der Waals surface area contributed by atoms with Crippen molar-refractivity contribution in [1.82, 2.24) is 24.9 Å². The number of benzene rings is 1. The number of hydrogen-bond donors (Lipinski definition) is 2. The Bertz CT molecular complexity index is 736. The summed E-state index contributed by atoms with van der Waals surface area (Å²) in [6, 6.07) is 5.79. The van der Waals surface area contributed by atoms with Crippen LogP contribution in [0, 0.1) is 0 Å². The van der Waals surface area contributed by atoms with Crippen molar-refractivity contribution in [3.63, 3.8) is 0 Å². The molecule has 1 atom stereocenters. The van der Waals surface area contributed by atoms with Crippen molar-refractivity contribution >= 4 is 11.0 Å². The van der Waals surface area contributed by atoms with Gasteiger partial charge in [0.1, 0.15) is 11.9 Å². The average Bonchev–Trinajstić information content (AvgIpc) is 2.97. The summed E-state index contributed by atoms with van der Waals surface area (Å²) >= 11 is 0. The summed E-state index contributed by atoms with van der Waals surface area (Å²) < 4.78 is 2.12. The second-order valence-corrected chi connectivity index (χ2v) is 4.88. The van der Waals surface area contributed by atoms with Crippen molar-refractivity contribution in [2.24, 2.45) is 5.84 Å². The smallest absolute Gasteiger partial charge is 0.131 e. The first-order valence-corrected chi connectivity index (χ1v) is 7.01. The molecule has 3 aromatic rings. The van der Waals surface area contributed by atoms with E-state index in [1.807, 2.05) is 24.4 Å². The van der Waals surface area contributed by atoms with Crippen molar-refractivity contribution in [2.75, 3.05) is 0 Å². The molecule has 0 aliphatic carbocycles. The van der Waals surface area contributed by atoms with Crippen molar-refractivity contribution in [2.45, 2.75) is 25.9 Å². The lowest BCUT2D eigenvalue weighted by atomic mass is 10.1. The van der Waals surface area contributed by atoms with Crippen LogP contribution in [-0.2, 0) is 6.54 Å². The summed E-state index contributed by atoms with van der Waals surface area (Å²) in [6.07, 6.45) is 8.20. The molecule has 0 amide bonds. The predicted molar refractivity (Wildman–Crippen MR) is 81.2 cm³/mol. The molecule has 1 aromatic carbocycles. The third kappa shape index (κ3) is 2.63. The van der Waals surface area contributed by atoms with Gasteiger partial charge in [-0.25, -0.2) is 10.4 Å². The zero-order valence-electron chi connectivity index (χ0n) is 11.9. The Morgan fingerprint density at radius 2 is 1.95 bits per heavy atom. The van der Waals surface area contributed by atoms with Crippen molar-refractivity contribution in [3.05, 3.63) is 54.4 Å². The quantitative estimate of drug-likeness (QED) is 0.551. The molecule has 0 radical (unpaired) electrons. The van der Waals surface area contributed by atoms with Gasteiger partial charge in [-0.2, -0.15) is 0 Å². The van der Waals surface area contributed by atoms with Gasteiger partial charge < -0.3 is 4.57 Å². The summed E-state index contributed by atoms with van der Waals surface area (Å²) in [7, 11) is 0. The third-order valence-corrected chi connectivity index (χ3v) is 3.46. The Kier molecular flexibility index (Phi) is 3.89. The van der Waals surface area contributed by atoms with Gasteiger partial charge in [0.25, 0.3) is 0 Å². The van der Waals surface area contributed by atoms with Gasteiger partial charge in [0.2, 0.25) is 0 Å². The highest BCUT2D eigenvalue weighted by molar-refractivity contribution is 5.74. The SMILES string of the molecule is CCCn1ccnc1C(NN)c1ccc2nccnc2c1. The van der Waals surface area contributed by atoms with E-state index in [1.165, 1.54) is 0 Å². The standard InChI is InChI=1S/C15H18N6/c1-2-8-21-9-7-19-15(21)14(20-16)11-3-4-12-13(10-11)18-6-5-17-12/h3-7,9-10,14,20H,2,8,16H2,1H3. The van der Waals surface area contributed by atoms with Crippen LogP contribution >= 0.6 is 0 Å². The maximum absolute atomic E-state index is 5.77. The van der Waals surface area contributed by atoms with Crippen LogP contribution < -0.4 is 11.3 Å². The van der Waals surface area contributed by atoms with Crippen LogP contribution in [0.25, 0.3) is 11.0 Å². The summed E-state index contributed by atoms with van der Waals surface area (Å²) in [5.41, 5.74) is 5.60. The molecule has 21 heavy (non-hydrogen) atoms. The minimum Gasteiger partial charge on any atom is -0.333 e. The Morgan fingerprint density at radius 1 is 1.14 bits per heavy atom. The summed E-state index contributed by atoms with van der Waals surface area (Å²) in [6.45, 7) is 3.06. The van der Waals surface area contributed by atoms with Crippen molar-refractivity contribution < 1.29 is 0 Å². The number of aromatic nitrogens is 4. The van der Waals surface area contributed by atoms with Gasteiger partial charge in [-0.15, -0.1) is 0 Å². The summed E-state index contributed by atoms with van der Waals surface area (Å²) in [5.74, 6) is 6.67. The number of aryl methyl sites for hydroxylation is 1. The first-order valence-electron chi connectivity index (χ1n) is 7.01. The lowest BCUT2D eigenvalue weighted by molar-refractivity contribution is 0.545. The molecule has 6 nitrogen and oxygen atoms in total. The van der Waals surface area contributed by atoms with E-state index in [1.54, 1.807) is 18.6 Å². The molecular weight excluding hydrogens is 264 g/mol. The summed E-state index contributed by atoms with van der Waals surface area (Å²) in [4.78, 5) is 13.1. The number of hydrogen-bond acceptors (Lipinski definition) is 5. The number of hydrazine groups is 1. The second kappa shape index (κ2) is 5.99. The van der Waals surface area contributed by atoms with Crippen molar-refractivity contribution in [1.29, 1.82) is 0 Å². The number of nitrogens with two attached hydrogens (primary N) is 1. The molecule has 6 heteroatoms. The monoisotopic (exact) mass is 282 g/mol. The Hall–Kier alpha value is -2.31. The normalized spacial score (nSPS) is 12.7. The molecule has 0 aliphatic rings. The fraction of sp³-hybridized carbons (Fsp3) is 0.267. The lowest BCUT2D eigenvalue weighted by Crippen LogP contribution is -2.31. The van der Waals surface area contributed by atoms with Crippen LogP contribution in [-0.4, -0.2) is 19.5 Å². The molecule has 108 valence electrons. The molecule has 0 aliphatic heterocycles. The maximum atomic E-state index is 5.77. The van der Waals surface area contributed by atoms with Gasteiger partial charge in [0.15, 0.2) is 0 Å². The van der Waals surface area contributed by atoms with Crippen LogP contribution in [0.15, 0.2) is 43.0 Å². The number of nitrogens with zero attached hydrogens (tertiary/aromatic N) is 4. The molecule has 2 heterocycles. The fourth-order valence-electron chi connectivity index (χ4n) is 2.49. The van der Waals surface area contributed by atoms with Gasteiger partial charge >= 0.3 is 0 Å². The summed E-state index contributed by atoms with van der Waals surface area (Å²) in [5, 5.41) is 0. The predicted octanol–water partition coefficient (Wildman–Crippen LogP) is 1.79. The van der Waals surface area contributed by atoms with E-state index in [2.05, 4.69) is 31.9 Å². The zero-order chi connectivity index (χ0) is 14.7. The van der Waals surface area contributed by atoms with Gasteiger partial charge in [-0.3, -0.25) is 15.8 Å². The van der Waals surface area contributed by atoms with Gasteiger partial charge in [-0.1, -0.05) is 13.0 Å². The minimum atomic E-state index is -0.169. The molecule has 3 N–H and O–H groups in total. The molecule has 0 fully saturated rings. The van der Waals surface area contributed by atoms with Crippen LogP contribution in [0.4, 0.5) is 0 Å². The molecular formula is C15H18N6. The number of nitrogens with one attached hydrogen (secondary N) is 1. The molecule has 1 unspecified atom stereocenters. The van der Waals surface area contributed by atoms with E-state index < -0.39 is 0 Å². The van der Waals surface area contributed by atoms with Gasteiger partial charge in [0.05, 0.1) is 11.0 Å². The molecule has 3 rings (SSSR count). The zero-order valence-corrected chi connectivity index (χ0v) is 11.9. The van der Waals surface area contributed by atoms with E-state index in [4.69, 9.17) is 5.84 Å². The first kappa shape index (κ1) is 13.7. The van der Waals surface area contributed by atoms with Gasteiger partial charge in [0, 0.05) is 31.3 Å². The fourth-order valence-corrected chi connectivity index (χ4v) is 2.49. The minimum absolute atomic E-state index is 0.169. The lowest BCUT2D eigenvalue weighted by Gasteiger charge is -2.18. The Labute approximate surface area is 123 Å². The molecule has 0 spiro atoms. The molecule has 0 saturated heterocycles. The van der Waals surface area contributed by atoms with Crippen LogP contribution in [0.5, 0.6) is 0 Å².